The zero-order valence-corrected chi connectivity index (χ0v) is 12.3. The molecule has 2 rings (SSSR count). The van der Waals surface area contributed by atoms with Crippen molar-refractivity contribution in [2.45, 2.75) is 32.7 Å². The molecule has 0 heterocycles. The van der Waals surface area contributed by atoms with Gasteiger partial charge in [0.25, 0.3) is 11.8 Å². The van der Waals surface area contributed by atoms with E-state index in [2.05, 4.69) is 10.6 Å². The van der Waals surface area contributed by atoms with Crippen LogP contribution in [0.2, 0.25) is 0 Å². The van der Waals surface area contributed by atoms with E-state index >= 15 is 0 Å². The standard InChI is InChI=1S/C16H20N2O3/c1-10-5-3-4-6-13(10)15(20)18-11(2)14(19)16(21)17-9-12-7-8-12/h3-6,11-12H,7-9H2,1-2H3,(H,17,21)(H,18,20)/t11-/m1/s1. The molecule has 5 nitrogen and oxygen atoms in total. The predicted octanol–water partition coefficient (Wildman–Crippen LogP) is 1.21. The van der Waals surface area contributed by atoms with Crippen molar-refractivity contribution in [2.24, 2.45) is 5.92 Å². The van der Waals surface area contributed by atoms with Crippen LogP contribution in [-0.4, -0.2) is 30.2 Å². The van der Waals surface area contributed by atoms with Gasteiger partial charge in [0, 0.05) is 12.1 Å². The Morgan fingerprint density at radius 3 is 2.52 bits per heavy atom. The highest BCUT2D eigenvalue weighted by Crippen LogP contribution is 2.27. The lowest BCUT2D eigenvalue weighted by Gasteiger charge is -2.13. The molecule has 1 aromatic rings. The van der Waals surface area contributed by atoms with Crippen LogP contribution < -0.4 is 10.6 Å². The highest BCUT2D eigenvalue weighted by Gasteiger charge is 2.26. The molecule has 0 bridgehead atoms. The van der Waals surface area contributed by atoms with Crippen LogP contribution in [0, 0.1) is 12.8 Å². The lowest BCUT2D eigenvalue weighted by atomic mass is 10.1. The van der Waals surface area contributed by atoms with E-state index in [9.17, 15) is 14.4 Å². The summed E-state index contributed by atoms with van der Waals surface area (Å²) in [6.45, 7) is 3.89. The van der Waals surface area contributed by atoms with Gasteiger partial charge in [-0.1, -0.05) is 18.2 Å². The van der Waals surface area contributed by atoms with Crippen molar-refractivity contribution in [3.8, 4) is 0 Å². The minimum Gasteiger partial charge on any atom is -0.349 e. The first kappa shape index (κ1) is 15.2. The van der Waals surface area contributed by atoms with E-state index in [0.29, 0.717) is 18.0 Å². The number of hydrogen-bond acceptors (Lipinski definition) is 3. The summed E-state index contributed by atoms with van der Waals surface area (Å²) < 4.78 is 0. The number of amides is 2. The van der Waals surface area contributed by atoms with Crippen molar-refractivity contribution in [1.82, 2.24) is 10.6 Å². The molecule has 1 saturated carbocycles. The van der Waals surface area contributed by atoms with Crippen molar-refractivity contribution in [3.63, 3.8) is 0 Å². The molecule has 1 aliphatic carbocycles. The maximum absolute atomic E-state index is 12.1. The number of aryl methyl sites for hydroxylation is 1. The van der Waals surface area contributed by atoms with Gasteiger partial charge in [-0.05, 0) is 44.2 Å². The van der Waals surface area contributed by atoms with Crippen LogP contribution in [0.15, 0.2) is 24.3 Å². The Morgan fingerprint density at radius 2 is 1.90 bits per heavy atom. The van der Waals surface area contributed by atoms with E-state index in [1.807, 2.05) is 19.1 Å². The molecule has 0 aliphatic heterocycles. The van der Waals surface area contributed by atoms with Gasteiger partial charge in [0.05, 0.1) is 6.04 Å². The van der Waals surface area contributed by atoms with E-state index in [-0.39, 0.29) is 5.91 Å². The number of rotatable bonds is 6. The summed E-state index contributed by atoms with van der Waals surface area (Å²) in [6, 6.07) is 6.28. The van der Waals surface area contributed by atoms with E-state index < -0.39 is 17.7 Å². The fourth-order valence-electron chi connectivity index (χ4n) is 2.01. The minimum absolute atomic E-state index is 0.344. The molecule has 0 radical (unpaired) electrons. The lowest BCUT2D eigenvalue weighted by Crippen LogP contribution is -2.46. The van der Waals surface area contributed by atoms with Crippen LogP contribution in [0.3, 0.4) is 0 Å². The average molecular weight is 288 g/mol. The van der Waals surface area contributed by atoms with Gasteiger partial charge in [0.2, 0.25) is 5.78 Å². The van der Waals surface area contributed by atoms with Crippen molar-refractivity contribution in [3.05, 3.63) is 35.4 Å². The van der Waals surface area contributed by atoms with Gasteiger partial charge in [-0.25, -0.2) is 0 Å². The van der Waals surface area contributed by atoms with Gasteiger partial charge in [0.15, 0.2) is 0 Å². The first-order chi connectivity index (χ1) is 9.99. The Kier molecular flexibility index (Phi) is 4.73. The Hall–Kier alpha value is -2.17. The number of Topliss-reactive ketones (excluding diaryl/α,β-unsaturated/α-hetero) is 1. The molecule has 112 valence electrons. The SMILES string of the molecule is Cc1ccccc1C(=O)N[C@H](C)C(=O)C(=O)NCC1CC1. The second-order valence-electron chi connectivity index (χ2n) is 5.53. The summed E-state index contributed by atoms with van der Waals surface area (Å²) in [4.78, 5) is 35.7. The molecular formula is C16H20N2O3. The molecule has 21 heavy (non-hydrogen) atoms. The van der Waals surface area contributed by atoms with Crippen molar-refractivity contribution in [1.29, 1.82) is 0 Å². The number of hydrogen-bond donors (Lipinski definition) is 2. The summed E-state index contributed by atoms with van der Waals surface area (Å²) >= 11 is 0. The Morgan fingerprint density at radius 1 is 1.24 bits per heavy atom. The number of nitrogens with one attached hydrogen (secondary N) is 2. The zero-order chi connectivity index (χ0) is 15.4. The molecule has 0 unspecified atom stereocenters. The monoisotopic (exact) mass is 288 g/mol. The summed E-state index contributed by atoms with van der Waals surface area (Å²) in [6.07, 6.45) is 2.21. The Labute approximate surface area is 124 Å². The number of benzene rings is 1. The molecular weight excluding hydrogens is 268 g/mol. The third-order valence-corrected chi connectivity index (χ3v) is 3.60. The topological polar surface area (TPSA) is 75.3 Å². The van der Waals surface area contributed by atoms with Gasteiger partial charge < -0.3 is 10.6 Å². The highest BCUT2D eigenvalue weighted by atomic mass is 16.2. The van der Waals surface area contributed by atoms with E-state index in [4.69, 9.17) is 0 Å². The van der Waals surface area contributed by atoms with Crippen LogP contribution in [0.4, 0.5) is 0 Å². The smallest absolute Gasteiger partial charge is 0.289 e. The molecule has 0 saturated heterocycles. The van der Waals surface area contributed by atoms with Crippen LogP contribution in [0.25, 0.3) is 0 Å². The molecule has 2 amide bonds. The maximum atomic E-state index is 12.1. The fraction of sp³-hybridized carbons (Fsp3) is 0.438. The zero-order valence-electron chi connectivity index (χ0n) is 12.3. The maximum Gasteiger partial charge on any atom is 0.289 e. The quantitative estimate of drug-likeness (QED) is 0.773. The summed E-state index contributed by atoms with van der Waals surface area (Å²) in [5.41, 5.74) is 1.34. The second kappa shape index (κ2) is 6.52. The van der Waals surface area contributed by atoms with Crippen molar-refractivity contribution in [2.75, 3.05) is 6.54 Å². The van der Waals surface area contributed by atoms with Crippen molar-refractivity contribution >= 4 is 17.6 Å². The third-order valence-electron chi connectivity index (χ3n) is 3.60. The van der Waals surface area contributed by atoms with Gasteiger partial charge in [-0.3, -0.25) is 14.4 Å². The number of carbonyl (C=O) groups excluding carboxylic acids is 3. The minimum atomic E-state index is -0.837. The first-order valence-corrected chi connectivity index (χ1v) is 7.17. The van der Waals surface area contributed by atoms with Crippen LogP contribution in [0.5, 0.6) is 0 Å². The Balaban J connectivity index is 1.88. The second-order valence-corrected chi connectivity index (χ2v) is 5.53. The Bertz CT molecular complexity index is 564. The predicted molar refractivity (Wildman–Crippen MR) is 78.8 cm³/mol. The molecule has 1 aromatic carbocycles. The van der Waals surface area contributed by atoms with E-state index in [1.165, 1.54) is 6.92 Å². The van der Waals surface area contributed by atoms with Gasteiger partial charge in [0.1, 0.15) is 0 Å². The lowest BCUT2D eigenvalue weighted by molar-refractivity contribution is -0.138. The molecule has 1 aliphatic rings. The molecule has 1 fully saturated rings. The highest BCUT2D eigenvalue weighted by molar-refractivity contribution is 6.38. The van der Waals surface area contributed by atoms with E-state index in [1.54, 1.807) is 12.1 Å². The molecule has 2 N–H and O–H groups in total. The number of ketones is 1. The third kappa shape index (κ3) is 4.15. The average Bonchev–Trinajstić information content (AvgIpc) is 3.28. The van der Waals surface area contributed by atoms with E-state index in [0.717, 1.165) is 18.4 Å². The molecule has 0 aromatic heterocycles. The molecule has 5 heteroatoms. The fourth-order valence-corrected chi connectivity index (χ4v) is 2.01. The van der Waals surface area contributed by atoms with Gasteiger partial charge in [-0.15, -0.1) is 0 Å². The van der Waals surface area contributed by atoms with Crippen molar-refractivity contribution < 1.29 is 14.4 Å². The van der Waals surface area contributed by atoms with Gasteiger partial charge >= 0.3 is 0 Å². The molecule has 1 atom stereocenters. The summed E-state index contributed by atoms with van der Waals surface area (Å²) in [5, 5.41) is 5.18. The largest absolute Gasteiger partial charge is 0.349 e. The van der Waals surface area contributed by atoms with Crippen LogP contribution in [0.1, 0.15) is 35.7 Å². The summed E-state index contributed by atoms with van der Waals surface area (Å²) in [5.74, 6) is -1.07. The first-order valence-electron chi connectivity index (χ1n) is 7.17. The molecule has 0 spiro atoms. The van der Waals surface area contributed by atoms with Crippen LogP contribution >= 0.6 is 0 Å². The van der Waals surface area contributed by atoms with Crippen LogP contribution in [-0.2, 0) is 9.59 Å². The summed E-state index contributed by atoms with van der Waals surface area (Å²) in [7, 11) is 0. The number of carbonyl (C=O) groups is 3. The normalized spacial score (nSPS) is 15.1. The van der Waals surface area contributed by atoms with Gasteiger partial charge in [-0.2, -0.15) is 0 Å².